The first-order valence-corrected chi connectivity index (χ1v) is 12.2. The summed E-state index contributed by atoms with van der Waals surface area (Å²) in [6.07, 6.45) is 0.685. The molecule has 2 N–H and O–H groups in total. The number of nitrogens with zero attached hydrogens (tertiary/aromatic N) is 2. The third kappa shape index (κ3) is 4.81. The van der Waals surface area contributed by atoms with Gasteiger partial charge in [0.1, 0.15) is 11.5 Å². The number of esters is 1. The van der Waals surface area contributed by atoms with E-state index in [0.29, 0.717) is 43.0 Å². The number of ketones is 1. The summed E-state index contributed by atoms with van der Waals surface area (Å²) < 4.78 is 10.2. The molecule has 2 aliphatic rings. The Bertz CT molecular complexity index is 1190. The molecule has 2 aliphatic heterocycles. The largest absolute Gasteiger partial charge is 0.507 e. The SMILES string of the molecule is COC(=O)c1[nH]c(C)c(C(O)=C2C(=O)C(=O)N(CCCN3CCOCC3)C2c2ccc(C)cc2)c1C. The number of aliphatic hydroxyl groups excluding tert-OH is 1. The third-order valence-electron chi connectivity index (χ3n) is 6.97. The summed E-state index contributed by atoms with van der Waals surface area (Å²) in [7, 11) is 1.28. The lowest BCUT2D eigenvalue weighted by Gasteiger charge is -2.29. The number of carbonyl (C=O) groups excluding carboxylic acids is 3. The fourth-order valence-corrected chi connectivity index (χ4v) is 5.04. The van der Waals surface area contributed by atoms with Crippen molar-refractivity contribution in [3.05, 3.63) is 63.5 Å². The molecule has 1 atom stereocenters. The summed E-state index contributed by atoms with van der Waals surface area (Å²) in [6, 6.07) is 6.87. The summed E-state index contributed by atoms with van der Waals surface area (Å²) in [6.45, 7) is 9.56. The first kappa shape index (κ1) is 25.7. The lowest BCUT2D eigenvalue weighted by molar-refractivity contribution is -0.140. The lowest BCUT2D eigenvalue weighted by Crippen LogP contribution is -2.38. The first-order chi connectivity index (χ1) is 17.2. The van der Waals surface area contributed by atoms with E-state index >= 15 is 0 Å². The van der Waals surface area contributed by atoms with Crippen molar-refractivity contribution >= 4 is 23.4 Å². The number of aliphatic hydroxyl groups is 1. The Hall–Kier alpha value is -3.43. The van der Waals surface area contributed by atoms with E-state index in [1.165, 1.54) is 7.11 Å². The first-order valence-electron chi connectivity index (χ1n) is 12.2. The number of amides is 1. The van der Waals surface area contributed by atoms with Gasteiger partial charge in [-0.15, -0.1) is 0 Å². The maximum absolute atomic E-state index is 13.3. The Kier molecular flexibility index (Phi) is 7.61. The van der Waals surface area contributed by atoms with Gasteiger partial charge in [0, 0.05) is 37.4 Å². The standard InChI is InChI=1S/C27H33N3O6/c1-16-6-8-19(9-7-16)23-21(24(31)20-17(2)22(27(34)35-4)28-18(20)3)25(32)26(33)30(23)11-5-10-29-12-14-36-15-13-29/h6-9,23,28,31H,5,10-15H2,1-4H3. The number of H-pyrrole nitrogens is 1. The van der Waals surface area contributed by atoms with E-state index in [1.54, 1.807) is 18.7 Å². The molecule has 0 radical (unpaired) electrons. The molecule has 192 valence electrons. The van der Waals surface area contributed by atoms with Crippen LogP contribution in [0.15, 0.2) is 29.8 Å². The molecular formula is C27H33N3O6. The number of aromatic amines is 1. The van der Waals surface area contributed by atoms with Crippen LogP contribution in [-0.2, 0) is 19.1 Å². The molecule has 0 aliphatic carbocycles. The average molecular weight is 496 g/mol. The molecular weight excluding hydrogens is 462 g/mol. The van der Waals surface area contributed by atoms with Crippen molar-refractivity contribution in [1.29, 1.82) is 0 Å². The van der Waals surface area contributed by atoms with Crippen LogP contribution in [0.5, 0.6) is 0 Å². The van der Waals surface area contributed by atoms with E-state index in [4.69, 9.17) is 9.47 Å². The Labute approximate surface area is 210 Å². The van der Waals surface area contributed by atoms with E-state index < -0.39 is 23.7 Å². The minimum absolute atomic E-state index is 0.0249. The summed E-state index contributed by atoms with van der Waals surface area (Å²) in [4.78, 5) is 45.5. The van der Waals surface area contributed by atoms with Crippen LogP contribution in [0, 0.1) is 20.8 Å². The van der Waals surface area contributed by atoms with Gasteiger partial charge in [-0.2, -0.15) is 0 Å². The van der Waals surface area contributed by atoms with Crippen molar-refractivity contribution in [2.24, 2.45) is 0 Å². The van der Waals surface area contributed by atoms with Gasteiger partial charge in [0.2, 0.25) is 0 Å². The Balaban J connectivity index is 1.74. The van der Waals surface area contributed by atoms with Crippen molar-refractivity contribution < 1.29 is 29.0 Å². The molecule has 3 heterocycles. The second kappa shape index (κ2) is 10.7. The number of aromatic nitrogens is 1. The highest BCUT2D eigenvalue weighted by Gasteiger charge is 2.46. The monoisotopic (exact) mass is 495 g/mol. The van der Waals surface area contributed by atoms with Gasteiger partial charge in [0.05, 0.1) is 31.9 Å². The van der Waals surface area contributed by atoms with Crippen LogP contribution in [0.2, 0.25) is 0 Å². The van der Waals surface area contributed by atoms with Crippen LogP contribution < -0.4 is 0 Å². The molecule has 4 rings (SSSR count). The summed E-state index contributed by atoms with van der Waals surface area (Å²) in [5.41, 5.74) is 3.30. The fourth-order valence-electron chi connectivity index (χ4n) is 5.04. The van der Waals surface area contributed by atoms with E-state index in [2.05, 4.69) is 9.88 Å². The molecule has 0 saturated carbocycles. The minimum Gasteiger partial charge on any atom is -0.507 e. The van der Waals surface area contributed by atoms with Gasteiger partial charge in [-0.25, -0.2) is 4.79 Å². The minimum atomic E-state index is -0.732. The van der Waals surface area contributed by atoms with E-state index in [0.717, 1.165) is 30.8 Å². The van der Waals surface area contributed by atoms with Crippen LogP contribution in [-0.4, -0.2) is 84.1 Å². The number of morpholine rings is 1. The number of rotatable bonds is 7. The normalized spacial score (nSPS) is 20.2. The quantitative estimate of drug-likeness (QED) is 0.263. The number of aryl methyl sites for hydroxylation is 2. The molecule has 1 unspecified atom stereocenters. The zero-order valence-electron chi connectivity index (χ0n) is 21.2. The molecule has 9 heteroatoms. The highest BCUT2D eigenvalue weighted by molar-refractivity contribution is 6.46. The number of Topliss-reactive ketones (excluding diaryl/α,β-unsaturated/α-hetero) is 1. The Morgan fingerprint density at radius 3 is 2.42 bits per heavy atom. The van der Waals surface area contributed by atoms with Gasteiger partial charge in [0.25, 0.3) is 11.7 Å². The van der Waals surface area contributed by atoms with Gasteiger partial charge in [-0.1, -0.05) is 29.8 Å². The highest BCUT2D eigenvalue weighted by atomic mass is 16.5. The van der Waals surface area contributed by atoms with Gasteiger partial charge in [-0.3, -0.25) is 14.5 Å². The average Bonchev–Trinajstić information content (AvgIpc) is 3.31. The molecule has 2 fully saturated rings. The molecule has 2 aromatic rings. The van der Waals surface area contributed by atoms with E-state index in [-0.39, 0.29) is 17.0 Å². The zero-order valence-corrected chi connectivity index (χ0v) is 21.2. The summed E-state index contributed by atoms with van der Waals surface area (Å²) >= 11 is 0. The third-order valence-corrected chi connectivity index (χ3v) is 6.97. The summed E-state index contributed by atoms with van der Waals surface area (Å²) in [5, 5.41) is 11.5. The van der Waals surface area contributed by atoms with Crippen LogP contribution in [0.25, 0.3) is 5.76 Å². The van der Waals surface area contributed by atoms with Crippen molar-refractivity contribution in [1.82, 2.24) is 14.8 Å². The predicted octanol–water partition coefficient (Wildman–Crippen LogP) is 2.87. The second-order valence-corrected chi connectivity index (χ2v) is 9.33. The molecule has 2 saturated heterocycles. The lowest BCUT2D eigenvalue weighted by atomic mass is 9.93. The van der Waals surface area contributed by atoms with E-state index in [9.17, 15) is 19.5 Å². The number of benzene rings is 1. The fraction of sp³-hybridized carbons (Fsp3) is 0.444. The zero-order chi connectivity index (χ0) is 26.0. The van der Waals surface area contributed by atoms with Gasteiger partial charge in [0.15, 0.2) is 0 Å². The van der Waals surface area contributed by atoms with Gasteiger partial charge in [-0.05, 0) is 38.3 Å². The van der Waals surface area contributed by atoms with Crippen molar-refractivity contribution in [2.75, 3.05) is 46.5 Å². The molecule has 1 amide bonds. The van der Waals surface area contributed by atoms with Gasteiger partial charge < -0.3 is 24.5 Å². The van der Waals surface area contributed by atoms with Crippen molar-refractivity contribution in [2.45, 2.75) is 33.2 Å². The molecule has 1 aromatic carbocycles. The van der Waals surface area contributed by atoms with E-state index in [1.807, 2.05) is 31.2 Å². The van der Waals surface area contributed by atoms with Crippen LogP contribution in [0.4, 0.5) is 0 Å². The van der Waals surface area contributed by atoms with Crippen molar-refractivity contribution in [3.63, 3.8) is 0 Å². The van der Waals surface area contributed by atoms with Crippen LogP contribution >= 0.6 is 0 Å². The molecule has 36 heavy (non-hydrogen) atoms. The topological polar surface area (TPSA) is 112 Å². The second-order valence-electron chi connectivity index (χ2n) is 9.33. The number of hydrogen-bond acceptors (Lipinski definition) is 7. The molecule has 0 spiro atoms. The molecule has 9 nitrogen and oxygen atoms in total. The van der Waals surface area contributed by atoms with Crippen molar-refractivity contribution in [3.8, 4) is 0 Å². The molecule has 0 bridgehead atoms. The molecule has 1 aromatic heterocycles. The predicted molar refractivity (Wildman–Crippen MR) is 134 cm³/mol. The Morgan fingerprint density at radius 1 is 1.11 bits per heavy atom. The number of methoxy groups -OCH3 is 1. The van der Waals surface area contributed by atoms with Gasteiger partial charge >= 0.3 is 5.97 Å². The number of nitrogens with one attached hydrogen (secondary N) is 1. The Morgan fingerprint density at radius 2 is 1.78 bits per heavy atom. The number of ether oxygens (including phenoxy) is 2. The smallest absolute Gasteiger partial charge is 0.354 e. The number of carbonyl (C=O) groups is 3. The number of hydrogen-bond donors (Lipinski definition) is 2. The van der Waals surface area contributed by atoms with Crippen LogP contribution in [0.3, 0.4) is 0 Å². The number of likely N-dealkylation sites (tertiary alicyclic amines) is 1. The maximum Gasteiger partial charge on any atom is 0.354 e. The van der Waals surface area contributed by atoms with Crippen LogP contribution in [0.1, 0.15) is 50.9 Å². The maximum atomic E-state index is 13.3. The highest BCUT2D eigenvalue weighted by Crippen LogP contribution is 2.41. The summed E-state index contributed by atoms with van der Waals surface area (Å²) in [5.74, 6) is -2.24.